The summed E-state index contributed by atoms with van der Waals surface area (Å²) in [6.45, 7) is 3.87. The van der Waals surface area contributed by atoms with Crippen LogP contribution >= 0.6 is 34.8 Å². The Morgan fingerprint density at radius 2 is 1.69 bits per heavy atom. The maximum absolute atomic E-state index is 6.50. The van der Waals surface area contributed by atoms with Crippen LogP contribution in [0.25, 0.3) is 0 Å². The molecule has 2 aromatic carbocycles. The summed E-state index contributed by atoms with van der Waals surface area (Å²) in [6.07, 6.45) is 1.78. The lowest BCUT2D eigenvalue weighted by Gasteiger charge is -2.16. The molecule has 152 valence electrons. The average molecular weight is 452 g/mol. The summed E-state index contributed by atoms with van der Waals surface area (Å²) >= 11 is 19.0. The highest BCUT2D eigenvalue weighted by atomic mass is 35.5. The summed E-state index contributed by atoms with van der Waals surface area (Å²) in [7, 11) is 0. The van der Waals surface area contributed by atoms with Gasteiger partial charge in [-0.05, 0) is 48.9 Å². The van der Waals surface area contributed by atoms with Crippen molar-refractivity contribution in [1.29, 1.82) is 0 Å². The fraction of sp³-hybridized carbons (Fsp3) is 0.227. The molecule has 0 amide bonds. The summed E-state index contributed by atoms with van der Waals surface area (Å²) in [6, 6.07) is 14.9. The predicted molar refractivity (Wildman–Crippen MR) is 118 cm³/mol. The van der Waals surface area contributed by atoms with E-state index in [1.54, 1.807) is 24.4 Å². The molecule has 7 heteroatoms. The van der Waals surface area contributed by atoms with E-state index in [1.165, 1.54) is 0 Å². The average Bonchev–Trinajstić information content (AvgIpc) is 2.70. The van der Waals surface area contributed by atoms with Crippen molar-refractivity contribution >= 4 is 34.8 Å². The fourth-order valence-electron chi connectivity index (χ4n) is 2.78. The van der Waals surface area contributed by atoms with Crippen molar-refractivity contribution in [1.82, 2.24) is 10.3 Å². The molecule has 0 bridgehead atoms. The van der Waals surface area contributed by atoms with Crippen LogP contribution in [0.2, 0.25) is 15.1 Å². The lowest BCUT2D eigenvalue weighted by atomic mass is 10.2. The van der Waals surface area contributed by atoms with Crippen LogP contribution in [0.3, 0.4) is 0 Å². The second-order valence-electron chi connectivity index (χ2n) is 6.25. The fourth-order valence-corrected chi connectivity index (χ4v) is 3.57. The number of hydrogen-bond acceptors (Lipinski definition) is 4. The monoisotopic (exact) mass is 450 g/mol. The van der Waals surface area contributed by atoms with E-state index in [9.17, 15) is 0 Å². The van der Waals surface area contributed by atoms with Gasteiger partial charge in [0.25, 0.3) is 0 Å². The lowest BCUT2D eigenvalue weighted by Crippen LogP contribution is -2.14. The first kappa shape index (κ1) is 21.7. The zero-order valence-electron chi connectivity index (χ0n) is 15.9. The minimum atomic E-state index is 0.190. The van der Waals surface area contributed by atoms with Gasteiger partial charge in [0.1, 0.15) is 6.61 Å². The first-order valence-electron chi connectivity index (χ1n) is 9.20. The quantitative estimate of drug-likeness (QED) is 0.414. The van der Waals surface area contributed by atoms with Crippen LogP contribution in [0.5, 0.6) is 11.5 Å². The molecule has 3 aromatic rings. The predicted octanol–water partition coefficient (Wildman–Crippen LogP) is 6.31. The van der Waals surface area contributed by atoms with Crippen LogP contribution in [0.15, 0.2) is 54.7 Å². The molecular formula is C22H21Cl3N2O2. The molecule has 4 nitrogen and oxygen atoms in total. The van der Waals surface area contributed by atoms with Gasteiger partial charge in [0, 0.05) is 34.9 Å². The number of benzene rings is 2. The number of nitrogens with one attached hydrogen (secondary N) is 1. The van der Waals surface area contributed by atoms with Crippen molar-refractivity contribution in [3.05, 3.63) is 86.6 Å². The highest BCUT2D eigenvalue weighted by Crippen LogP contribution is 2.38. The van der Waals surface area contributed by atoms with Gasteiger partial charge in [-0.25, -0.2) is 0 Å². The number of nitrogens with zero attached hydrogens (tertiary/aromatic N) is 1. The van der Waals surface area contributed by atoms with Crippen molar-refractivity contribution in [3.8, 4) is 11.5 Å². The molecule has 0 radical (unpaired) electrons. The molecule has 0 aliphatic rings. The van der Waals surface area contributed by atoms with E-state index in [-0.39, 0.29) is 6.61 Å². The Hall–Kier alpha value is -1.98. The van der Waals surface area contributed by atoms with Crippen LogP contribution in [0, 0.1) is 0 Å². The molecule has 1 N–H and O–H groups in total. The smallest absolute Gasteiger partial charge is 0.180 e. The molecule has 3 rings (SSSR count). The number of pyridine rings is 1. The summed E-state index contributed by atoms with van der Waals surface area (Å²) in [5.41, 5.74) is 2.66. The van der Waals surface area contributed by atoms with Gasteiger partial charge in [0.2, 0.25) is 0 Å². The number of halogens is 3. The van der Waals surface area contributed by atoms with E-state index in [1.807, 2.05) is 37.3 Å². The van der Waals surface area contributed by atoms with Gasteiger partial charge in [-0.2, -0.15) is 0 Å². The Labute approximate surface area is 185 Å². The topological polar surface area (TPSA) is 43.4 Å². The van der Waals surface area contributed by atoms with Crippen LogP contribution in [-0.2, 0) is 19.7 Å². The molecule has 1 heterocycles. The van der Waals surface area contributed by atoms with Gasteiger partial charge < -0.3 is 14.8 Å². The van der Waals surface area contributed by atoms with E-state index in [0.717, 1.165) is 11.3 Å². The number of rotatable bonds is 9. The van der Waals surface area contributed by atoms with Gasteiger partial charge in [-0.1, -0.05) is 46.9 Å². The Kier molecular flexibility index (Phi) is 8.01. The van der Waals surface area contributed by atoms with Gasteiger partial charge >= 0.3 is 0 Å². The van der Waals surface area contributed by atoms with Crippen molar-refractivity contribution in [3.63, 3.8) is 0 Å². The molecule has 0 saturated heterocycles. The Morgan fingerprint density at radius 1 is 0.897 bits per heavy atom. The third-order valence-corrected chi connectivity index (χ3v) is 5.14. The zero-order chi connectivity index (χ0) is 20.6. The number of hydrogen-bond donors (Lipinski definition) is 1. The molecule has 0 unspecified atom stereocenters. The Morgan fingerprint density at radius 3 is 2.38 bits per heavy atom. The minimum absolute atomic E-state index is 0.190. The molecule has 0 atom stereocenters. The molecule has 0 aliphatic carbocycles. The molecule has 0 saturated carbocycles. The van der Waals surface area contributed by atoms with Gasteiger partial charge in [-0.3, -0.25) is 4.98 Å². The van der Waals surface area contributed by atoms with Gasteiger partial charge in [0.05, 0.1) is 17.3 Å². The highest BCUT2D eigenvalue weighted by molar-refractivity contribution is 6.36. The van der Waals surface area contributed by atoms with Crippen LogP contribution in [-0.4, -0.2) is 11.6 Å². The standard InChI is InChI=1S/C22H21Cl3N2O2/c1-2-28-21-11-15(12-26-13-16-6-3-4-9-27-16)10-20(25)22(21)29-14-17-18(23)7-5-8-19(17)24/h3-11,26H,2,12-14H2,1H3. The van der Waals surface area contributed by atoms with E-state index in [4.69, 9.17) is 44.3 Å². The summed E-state index contributed by atoms with van der Waals surface area (Å²) in [4.78, 5) is 4.30. The second-order valence-corrected chi connectivity index (χ2v) is 7.47. The minimum Gasteiger partial charge on any atom is -0.490 e. The van der Waals surface area contributed by atoms with Crippen molar-refractivity contribution in [2.45, 2.75) is 26.6 Å². The molecule has 29 heavy (non-hydrogen) atoms. The number of ether oxygens (including phenoxy) is 2. The van der Waals surface area contributed by atoms with E-state index >= 15 is 0 Å². The summed E-state index contributed by atoms with van der Waals surface area (Å²) in [5.74, 6) is 1.05. The van der Waals surface area contributed by atoms with Crippen molar-refractivity contribution < 1.29 is 9.47 Å². The highest BCUT2D eigenvalue weighted by Gasteiger charge is 2.15. The molecule has 1 aromatic heterocycles. The largest absolute Gasteiger partial charge is 0.490 e. The number of aromatic nitrogens is 1. The third kappa shape index (κ3) is 6.00. The summed E-state index contributed by atoms with van der Waals surface area (Å²) < 4.78 is 11.7. The molecule has 0 fully saturated rings. The Bertz CT molecular complexity index is 932. The lowest BCUT2D eigenvalue weighted by molar-refractivity contribution is 0.269. The van der Waals surface area contributed by atoms with Crippen LogP contribution in [0.4, 0.5) is 0 Å². The second kappa shape index (κ2) is 10.7. The first-order chi connectivity index (χ1) is 14.1. The molecular weight excluding hydrogens is 431 g/mol. The maximum atomic E-state index is 6.50. The van der Waals surface area contributed by atoms with Gasteiger partial charge in [-0.15, -0.1) is 0 Å². The van der Waals surface area contributed by atoms with Crippen LogP contribution in [0.1, 0.15) is 23.7 Å². The van der Waals surface area contributed by atoms with Crippen molar-refractivity contribution in [2.24, 2.45) is 0 Å². The van der Waals surface area contributed by atoms with Gasteiger partial charge in [0.15, 0.2) is 11.5 Å². The third-order valence-electron chi connectivity index (χ3n) is 4.15. The Balaban J connectivity index is 1.72. The molecule has 0 aliphatic heterocycles. The van der Waals surface area contributed by atoms with E-state index in [0.29, 0.717) is 51.8 Å². The molecule has 0 spiro atoms. The SMILES string of the molecule is CCOc1cc(CNCc2ccccn2)cc(Cl)c1OCc1c(Cl)cccc1Cl. The first-order valence-corrected chi connectivity index (χ1v) is 10.3. The summed E-state index contributed by atoms with van der Waals surface area (Å²) in [5, 5.41) is 4.91. The normalized spacial score (nSPS) is 10.8. The van der Waals surface area contributed by atoms with Crippen LogP contribution < -0.4 is 14.8 Å². The maximum Gasteiger partial charge on any atom is 0.180 e. The van der Waals surface area contributed by atoms with E-state index < -0.39 is 0 Å². The van der Waals surface area contributed by atoms with E-state index in [2.05, 4.69) is 10.3 Å². The zero-order valence-corrected chi connectivity index (χ0v) is 18.2. The van der Waals surface area contributed by atoms with Crippen molar-refractivity contribution in [2.75, 3.05) is 6.61 Å².